The number of nitrogens with zero attached hydrogens (tertiary/aromatic N) is 3. The number of halogens is 1. The van der Waals surface area contributed by atoms with Crippen molar-refractivity contribution in [2.24, 2.45) is 5.92 Å². The Kier molecular flexibility index (Phi) is 7.39. The van der Waals surface area contributed by atoms with E-state index in [-0.39, 0.29) is 17.9 Å². The molecule has 0 radical (unpaired) electrons. The molecular formula is C24H27ClN4O3. The summed E-state index contributed by atoms with van der Waals surface area (Å²) in [7, 11) is 0. The molecule has 0 spiro atoms. The second-order valence-electron chi connectivity index (χ2n) is 8.10. The molecule has 1 atom stereocenters. The normalized spacial score (nSPS) is 15.9. The molecule has 1 N–H and O–H groups in total. The van der Waals surface area contributed by atoms with Crippen LogP contribution in [0.1, 0.15) is 25.7 Å². The van der Waals surface area contributed by atoms with Gasteiger partial charge in [-0.1, -0.05) is 35.0 Å². The van der Waals surface area contributed by atoms with Gasteiger partial charge in [0.2, 0.25) is 17.6 Å². The Hall–Kier alpha value is -2.90. The molecule has 1 aliphatic heterocycles. The highest BCUT2D eigenvalue weighted by Gasteiger charge is 2.26. The van der Waals surface area contributed by atoms with Crippen molar-refractivity contribution in [1.82, 2.24) is 20.4 Å². The van der Waals surface area contributed by atoms with Crippen molar-refractivity contribution in [2.75, 3.05) is 19.7 Å². The van der Waals surface area contributed by atoms with Crippen molar-refractivity contribution in [3.8, 4) is 17.1 Å². The number of ether oxygens (including phenoxy) is 1. The van der Waals surface area contributed by atoms with E-state index in [2.05, 4.69) is 20.4 Å². The Morgan fingerprint density at radius 3 is 2.62 bits per heavy atom. The summed E-state index contributed by atoms with van der Waals surface area (Å²) < 4.78 is 11.1. The van der Waals surface area contributed by atoms with Crippen molar-refractivity contribution in [1.29, 1.82) is 0 Å². The molecule has 1 aliphatic rings. The molecule has 8 heteroatoms. The average Bonchev–Trinajstić information content (AvgIpc) is 3.28. The molecule has 1 aromatic heterocycles. The van der Waals surface area contributed by atoms with Crippen molar-refractivity contribution >= 4 is 17.5 Å². The van der Waals surface area contributed by atoms with E-state index in [0.717, 1.165) is 37.2 Å². The third-order valence-corrected chi connectivity index (χ3v) is 5.77. The van der Waals surface area contributed by atoms with E-state index in [9.17, 15) is 4.79 Å². The lowest BCUT2D eigenvalue weighted by molar-refractivity contribution is -0.127. The largest absolute Gasteiger partial charge is 0.491 e. The van der Waals surface area contributed by atoms with Gasteiger partial charge in [-0.05, 0) is 69.3 Å². The van der Waals surface area contributed by atoms with Crippen molar-refractivity contribution in [2.45, 2.75) is 32.4 Å². The molecule has 0 bridgehead atoms. The molecule has 7 nitrogen and oxygen atoms in total. The molecule has 32 heavy (non-hydrogen) atoms. The maximum Gasteiger partial charge on any atom is 0.241 e. The number of carbonyl (C=O) groups is 1. The lowest BCUT2D eigenvalue weighted by Gasteiger charge is -2.30. The lowest BCUT2D eigenvalue weighted by atomic mass is 9.95. The number of amides is 1. The van der Waals surface area contributed by atoms with E-state index in [1.165, 1.54) is 0 Å². The quantitative estimate of drug-likeness (QED) is 0.549. The second-order valence-corrected chi connectivity index (χ2v) is 8.54. The van der Waals surface area contributed by atoms with Gasteiger partial charge in [0, 0.05) is 16.5 Å². The van der Waals surface area contributed by atoms with Crippen LogP contribution in [0.25, 0.3) is 11.4 Å². The van der Waals surface area contributed by atoms with Crippen LogP contribution < -0.4 is 10.1 Å². The third-order valence-electron chi connectivity index (χ3n) is 5.52. The minimum absolute atomic E-state index is 0.0118. The number of para-hydroxylation sites is 1. The van der Waals surface area contributed by atoms with Gasteiger partial charge < -0.3 is 14.6 Å². The molecular weight excluding hydrogens is 428 g/mol. The number of benzene rings is 2. The van der Waals surface area contributed by atoms with E-state index in [4.69, 9.17) is 20.9 Å². The zero-order chi connectivity index (χ0) is 22.3. The maximum atomic E-state index is 12.6. The molecule has 168 valence electrons. The Labute approximate surface area is 192 Å². The molecule has 2 heterocycles. The number of hydrogen-bond donors (Lipinski definition) is 1. The molecule has 3 aromatic rings. The van der Waals surface area contributed by atoms with Crippen LogP contribution >= 0.6 is 11.6 Å². The number of carbonyl (C=O) groups excluding carboxylic acids is 1. The van der Waals surface area contributed by atoms with Gasteiger partial charge in [0.05, 0.1) is 12.6 Å². The molecule has 1 amide bonds. The predicted molar refractivity (Wildman–Crippen MR) is 122 cm³/mol. The Bertz CT molecular complexity index is 1000. The van der Waals surface area contributed by atoms with Gasteiger partial charge in [-0.15, -0.1) is 0 Å². The molecule has 1 fully saturated rings. The molecule has 0 saturated carbocycles. The summed E-state index contributed by atoms with van der Waals surface area (Å²) >= 11 is 5.93. The summed E-state index contributed by atoms with van der Waals surface area (Å²) in [6, 6.07) is 16.9. The number of nitrogens with one attached hydrogen (secondary N) is 1. The van der Waals surface area contributed by atoms with Gasteiger partial charge in [-0.25, -0.2) is 0 Å². The van der Waals surface area contributed by atoms with Crippen LogP contribution in [0.4, 0.5) is 0 Å². The van der Waals surface area contributed by atoms with Crippen LogP contribution in [0.3, 0.4) is 0 Å². The summed E-state index contributed by atoms with van der Waals surface area (Å²) in [5, 5.41) is 7.81. The first-order chi connectivity index (χ1) is 15.6. The third kappa shape index (κ3) is 6.08. The topological polar surface area (TPSA) is 80.5 Å². The van der Waals surface area contributed by atoms with Gasteiger partial charge in [0.1, 0.15) is 12.4 Å². The molecule has 0 aliphatic carbocycles. The first-order valence-corrected chi connectivity index (χ1v) is 11.2. The minimum atomic E-state index is -0.0505. The van der Waals surface area contributed by atoms with Crippen LogP contribution in [0.2, 0.25) is 5.02 Å². The Balaban J connectivity index is 1.20. The molecule has 2 aromatic carbocycles. The summed E-state index contributed by atoms with van der Waals surface area (Å²) in [5.41, 5.74) is 0.866. The zero-order valence-corrected chi connectivity index (χ0v) is 18.8. The number of likely N-dealkylation sites (tertiary alicyclic amines) is 1. The summed E-state index contributed by atoms with van der Waals surface area (Å²) in [4.78, 5) is 19.4. The minimum Gasteiger partial charge on any atom is -0.491 e. The van der Waals surface area contributed by atoms with Gasteiger partial charge in [0.15, 0.2) is 0 Å². The summed E-state index contributed by atoms with van der Waals surface area (Å²) in [6.07, 6.45) is 1.60. The number of aromatic nitrogens is 2. The fraction of sp³-hybridized carbons (Fsp3) is 0.375. The average molecular weight is 455 g/mol. The van der Waals surface area contributed by atoms with E-state index in [0.29, 0.717) is 29.9 Å². The van der Waals surface area contributed by atoms with Crippen molar-refractivity contribution < 1.29 is 14.1 Å². The van der Waals surface area contributed by atoms with Crippen molar-refractivity contribution in [3.63, 3.8) is 0 Å². The summed E-state index contributed by atoms with van der Waals surface area (Å²) in [5.74, 6) is 2.04. The predicted octanol–water partition coefficient (Wildman–Crippen LogP) is 4.19. The van der Waals surface area contributed by atoms with Crippen LogP contribution in [0, 0.1) is 5.92 Å². The number of hydrogen-bond acceptors (Lipinski definition) is 6. The van der Waals surface area contributed by atoms with Crippen LogP contribution in [-0.4, -0.2) is 46.7 Å². The lowest BCUT2D eigenvalue weighted by Crippen LogP contribution is -2.44. The summed E-state index contributed by atoms with van der Waals surface area (Å²) in [6.45, 7) is 4.61. The molecule has 1 saturated heterocycles. The standard InChI is InChI=1S/C24H27ClN4O3/c1-17(16-31-21-5-3-2-4-6-21)26-24(30)19-11-13-29(14-12-19)15-22-27-23(28-32-22)18-7-9-20(25)10-8-18/h2-10,17,19H,11-16H2,1H3,(H,26,30). The second kappa shape index (κ2) is 10.6. The SMILES string of the molecule is CC(COc1ccccc1)NC(=O)C1CCN(Cc2nc(-c3ccc(Cl)cc3)no2)CC1. The van der Waals surface area contributed by atoms with Gasteiger partial charge >= 0.3 is 0 Å². The van der Waals surface area contributed by atoms with E-state index in [1.54, 1.807) is 12.1 Å². The maximum absolute atomic E-state index is 12.6. The van der Waals surface area contributed by atoms with Gasteiger partial charge in [0.25, 0.3) is 0 Å². The Morgan fingerprint density at radius 1 is 1.19 bits per heavy atom. The fourth-order valence-electron chi connectivity index (χ4n) is 3.72. The van der Waals surface area contributed by atoms with E-state index in [1.807, 2.05) is 49.4 Å². The molecule has 4 rings (SSSR count). The van der Waals surface area contributed by atoms with Gasteiger partial charge in [-0.2, -0.15) is 4.98 Å². The highest BCUT2D eigenvalue weighted by Crippen LogP contribution is 2.22. The highest BCUT2D eigenvalue weighted by molar-refractivity contribution is 6.30. The highest BCUT2D eigenvalue weighted by atomic mass is 35.5. The van der Waals surface area contributed by atoms with E-state index < -0.39 is 0 Å². The fourth-order valence-corrected chi connectivity index (χ4v) is 3.85. The van der Waals surface area contributed by atoms with Crippen molar-refractivity contribution in [3.05, 3.63) is 65.5 Å². The first-order valence-electron chi connectivity index (χ1n) is 10.9. The monoisotopic (exact) mass is 454 g/mol. The van der Waals surface area contributed by atoms with Crippen LogP contribution in [0.15, 0.2) is 59.1 Å². The number of rotatable bonds is 8. The van der Waals surface area contributed by atoms with Gasteiger partial charge in [-0.3, -0.25) is 9.69 Å². The van der Waals surface area contributed by atoms with Crippen LogP contribution in [-0.2, 0) is 11.3 Å². The Morgan fingerprint density at radius 2 is 1.91 bits per heavy atom. The smallest absolute Gasteiger partial charge is 0.241 e. The zero-order valence-electron chi connectivity index (χ0n) is 18.0. The van der Waals surface area contributed by atoms with E-state index >= 15 is 0 Å². The first kappa shape index (κ1) is 22.3. The van der Waals surface area contributed by atoms with Crippen LogP contribution in [0.5, 0.6) is 5.75 Å². The molecule has 1 unspecified atom stereocenters. The number of piperidine rings is 1.